The fourth-order valence-electron chi connectivity index (χ4n) is 1.29. The minimum absolute atomic E-state index is 0.0629. The molecule has 0 aromatic carbocycles. The molecular weight excluding hydrogens is 224 g/mol. The Balaban J connectivity index is 1.99. The lowest BCUT2D eigenvalue weighted by Gasteiger charge is -2.19. The zero-order valence-corrected chi connectivity index (χ0v) is 9.62. The van der Waals surface area contributed by atoms with Gasteiger partial charge in [0.2, 0.25) is 0 Å². The monoisotopic (exact) mass is 236 g/mol. The van der Waals surface area contributed by atoms with Crippen molar-refractivity contribution >= 4 is 17.2 Å². The highest BCUT2D eigenvalue weighted by molar-refractivity contribution is 7.09. The lowest BCUT2D eigenvalue weighted by molar-refractivity contribution is -0.126. The summed E-state index contributed by atoms with van der Waals surface area (Å²) in [5, 5.41) is 2.83. The van der Waals surface area contributed by atoms with Crippen molar-refractivity contribution in [2.45, 2.75) is 6.54 Å². The molecule has 0 radical (unpaired) electrons. The van der Waals surface area contributed by atoms with Crippen molar-refractivity contribution in [1.29, 1.82) is 0 Å². The van der Waals surface area contributed by atoms with Crippen LogP contribution < -0.4 is 10.9 Å². The molecule has 1 amide bonds. The maximum Gasteiger partial charge on any atom is 0.271 e. The van der Waals surface area contributed by atoms with Gasteiger partial charge < -0.3 is 10.3 Å². The number of nitrogens with one attached hydrogen (secondary N) is 2. The molecule has 1 aliphatic heterocycles. The number of carbonyl (C=O) groups excluding carboxylic acids is 1. The Kier molecular flexibility index (Phi) is 3.21. The molecule has 5 nitrogen and oxygen atoms in total. The van der Waals surface area contributed by atoms with Gasteiger partial charge in [0.25, 0.3) is 5.91 Å². The van der Waals surface area contributed by atoms with Crippen molar-refractivity contribution in [2.24, 2.45) is 0 Å². The fraction of sp³-hybridized carbons (Fsp3) is 0.200. The average Bonchev–Trinajstić information content (AvgIpc) is 2.82. The van der Waals surface area contributed by atoms with E-state index in [0.717, 1.165) is 5.01 Å². The number of allylic oxidation sites excluding steroid dienone is 2. The lowest BCUT2D eigenvalue weighted by Crippen LogP contribution is -2.38. The van der Waals surface area contributed by atoms with Gasteiger partial charge in [-0.15, -0.1) is 11.3 Å². The zero-order valence-electron chi connectivity index (χ0n) is 8.80. The molecule has 1 aromatic heterocycles. The molecule has 2 N–H and O–H groups in total. The van der Waals surface area contributed by atoms with Crippen LogP contribution >= 0.6 is 11.3 Å². The first-order chi connectivity index (χ1) is 7.77. The van der Waals surface area contributed by atoms with Crippen LogP contribution in [-0.2, 0) is 11.3 Å². The summed E-state index contributed by atoms with van der Waals surface area (Å²) in [4.78, 5) is 17.7. The normalized spacial score (nSPS) is 13.7. The molecule has 0 bridgehead atoms. The van der Waals surface area contributed by atoms with Crippen molar-refractivity contribution in [1.82, 2.24) is 20.7 Å². The quantitative estimate of drug-likeness (QED) is 0.807. The second-order valence-corrected chi connectivity index (χ2v) is 4.27. The van der Waals surface area contributed by atoms with Gasteiger partial charge in [-0.2, -0.15) is 0 Å². The van der Waals surface area contributed by atoms with Crippen LogP contribution in [0.3, 0.4) is 0 Å². The summed E-state index contributed by atoms with van der Waals surface area (Å²) in [6, 6.07) is 0. The second kappa shape index (κ2) is 4.80. The SMILES string of the molecule is CN(Cc1nccs1)C(=O)C1=CC=CNN1. The van der Waals surface area contributed by atoms with Crippen molar-refractivity contribution in [2.75, 3.05) is 7.05 Å². The minimum atomic E-state index is -0.0629. The maximum atomic E-state index is 11.9. The molecular formula is C10H12N4OS. The maximum absolute atomic E-state index is 11.9. The standard InChI is InChI=1S/C10H12N4OS/c1-14(7-9-11-5-6-16-9)10(15)8-3-2-4-12-13-8/h2-6,12-13H,7H2,1H3. The van der Waals surface area contributed by atoms with Gasteiger partial charge in [-0.1, -0.05) is 0 Å². The van der Waals surface area contributed by atoms with E-state index in [-0.39, 0.29) is 5.91 Å². The van der Waals surface area contributed by atoms with Crippen molar-refractivity contribution in [3.63, 3.8) is 0 Å². The van der Waals surface area contributed by atoms with E-state index in [2.05, 4.69) is 15.8 Å². The molecule has 1 aliphatic rings. The van der Waals surface area contributed by atoms with E-state index in [1.165, 1.54) is 0 Å². The third-order valence-electron chi connectivity index (χ3n) is 2.08. The van der Waals surface area contributed by atoms with Crippen molar-refractivity contribution in [3.05, 3.63) is 40.6 Å². The summed E-state index contributed by atoms with van der Waals surface area (Å²) in [5.41, 5.74) is 6.09. The van der Waals surface area contributed by atoms with Crippen LogP contribution in [0.5, 0.6) is 0 Å². The van der Waals surface area contributed by atoms with Gasteiger partial charge in [0, 0.05) is 24.8 Å². The van der Waals surface area contributed by atoms with Gasteiger partial charge in [0.1, 0.15) is 10.7 Å². The molecule has 0 aliphatic carbocycles. The predicted octanol–water partition coefficient (Wildman–Crippen LogP) is 0.607. The first-order valence-corrected chi connectivity index (χ1v) is 5.67. The first-order valence-electron chi connectivity index (χ1n) is 4.79. The van der Waals surface area contributed by atoms with Crippen LogP contribution in [0, 0.1) is 0 Å². The highest BCUT2D eigenvalue weighted by Crippen LogP contribution is 2.09. The molecule has 0 atom stereocenters. The largest absolute Gasteiger partial charge is 0.334 e. The number of aromatic nitrogens is 1. The van der Waals surface area contributed by atoms with E-state index in [0.29, 0.717) is 12.2 Å². The van der Waals surface area contributed by atoms with Crippen LogP contribution in [0.4, 0.5) is 0 Å². The Hall–Kier alpha value is -1.82. The summed E-state index contributed by atoms with van der Waals surface area (Å²) in [5.74, 6) is -0.0629. The molecule has 2 rings (SSSR count). The van der Waals surface area contributed by atoms with E-state index < -0.39 is 0 Å². The Labute approximate surface area is 97.5 Å². The molecule has 0 unspecified atom stereocenters. The smallest absolute Gasteiger partial charge is 0.271 e. The van der Waals surface area contributed by atoms with Crippen LogP contribution in [0.1, 0.15) is 5.01 Å². The third kappa shape index (κ3) is 2.40. The first kappa shape index (κ1) is 10.7. The number of hydrogen-bond donors (Lipinski definition) is 2. The second-order valence-electron chi connectivity index (χ2n) is 3.30. The van der Waals surface area contributed by atoms with Gasteiger partial charge in [-0.05, 0) is 12.2 Å². The van der Waals surface area contributed by atoms with E-state index in [9.17, 15) is 4.79 Å². The molecule has 16 heavy (non-hydrogen) atoms. The summed E-state index contributed by atoms with van der Waals surface area (Å²) in [6.07, 6.45) is 6.97. The molecule has 0 saturated heterocycles. The van der Waals surface area contributed by atoms with Crippen molar-refractivity contribution < 1.29 is 4.79 Å². The number of thiazole rings is 1. The molecule has 0 spiro atoms. The van der Waals surface area contributed by atoms with Crippen LogP contribution in [-0.4, -0.2) is 22.8 Å². The van der Waals surface area contributed by atoms with E-state index >= 15 is 0 Å². The number of amides is 1. The molecule has 6 heteroatoms. The Morgan fingerprint density at radius 3 is 3.12 bits per heavy atom. The van der Waals surface area contributed by atoms with Crippen molar-refractivity contribution in [3.8, 4) is 0 Å². The Morgan fingerprint density at radius 2 is 2.50 bits per heavy atom. The average molecular weight is 236 g/mol. The number of carbonyl (C=O) groups is 1. The minimum Gasteiger partial charge on any atom is -0.334 e. The summed E-state index contributed by atoms with van der Waals surface area (Å²) in [7, 11) is 1.75. The predicted molar refractivity (Wildman–Crippen MR) is 62.1 cm³/mol. The van der Waals surface area contributed by atoms with Crippen LogP contribution in [0.15, 0.2) is 35.6 Å². The lowest BCUT2D eigenvalue weighted by atomic mass is 10.3. The number of rotatable bonds is 3. The van der Waals surface area contributed by atoms with E-state index in [4.69, 9.17) is 0 Å². The molecule has 0 saturated carbocycles. The topological polar surface area (TPSA) is 57.3 Å². The number of nitrogens with zero attached hydrogens (tertiary/aromatic N) is 2. The van der Waals surface area contributed by atoms with E-state index in [1.807, 2.05) is 5.38 Å². The van der Waals surface area contributed by atoms with Gasteiger partial charge >= 0.3 is 0 Å². The van der Waals surface area contributed by atoms with Gasteiger partial charge in [0.15, 0.2) is 0 Å². The van der Waals surface area contributed by atoms with Gasteiger partial charge in [-0.25, -0.2) is 4.98 Å². The van der Waals surface area contributed by atoms with Crippen LogP contribution in [0.25, 0.3) is 0 Å². The summed E-state index contributed by atoms with van der Waals surface area (Å²) >= 11 is 1.54. The molecule has 84 valence electrons. The molecule has 1 aromatic rings. The molecule has 0 fully saturated rings. The molecule has 2 heterocycles. The fourth-order valence-corrected chi connectivity index (χ4v) is 1.96. The third-order valence-corrected chi connectivity index (χ3v) is 2.85. The van der Waals surface area contributed by atoms with E-state index in [1.54, 1.807) is 47.8 Å². The number of hydrogen-bond acceptors (Lipinski definition) is 5. The Morgan fingerprint density at radius 1 is 1.62 bits per heavy atom. The summed E-state index contributed by atoms with van der Waals surface area (Å²) in [6.45, 7) is 0.527. The highest BCUT2D eigenvalue weighted by Gasteiger charge is 2.15. The highest BCUT2D eigenvalue weighted by atomic mass is 32.1. The van der Waals surface area contributed by atoms with Crippen LogP contribution in [0.2, 0.25) is 0 Å². The van der Waals surface area contributed by atoms with Gasteiger partial charge in [-0.3, -0.25) is 10.2 Å². The zero-order chi connectivity index (χ0) is 11.4. The Bertz CT molecular complexity index is 424. The van der Waals surface area contributed by atoms with Gasteiger partial charge in [0.05, 0.1) is 6.54 Å². The number of likely N-dealkylation sites (N-methyl/N-ethyl adjacent to an activating group) is 1. The number of hydrazine groups is 1. The summed E-state index contributed by atoms with van der Waals surface area (Å²) < 4.78 is 0.